The van der Waals surface area contributed by atoms with E-state index in [1.807, 2.05) is 13.8 Å². The van der Waals surface area contributed by atoms with Gasteiger partial charge in [-0.15, -0.1) is 0 Å². The minimum atomic E-state index is 0.0734. The molecule has 1 rings (SSSR count). The van der Waals surface area contributed by atoms with E-state index in [1.54, 1.807) is 0 Å². The van der Waals surface area contributed by atoms with Crippen molar-refractivity contribution in [3.8, 4) is 0 Å². The van der Waals surface area contributed by atoms with E-state index in [-0.39, 0.29) is 11.7 Å². The SMILES string of the molecule is CC1CCC(=O)C(=C(O)C(C)C)C1. The third-order valence-corrected chi connectivity index (χ3v) is 2.61. The zero-order chi connectivity index (χ0) is 10.0. The molecule has 0 aromatic rings. The Balaban J connectivity index is 2.87. The third kappa shape index (κ3) is 2.33. The first-order valence-electron chi connectivity index (χ1n) is 4.97. The molecule has 0 aromatic carbocycles. The van der Waals surface area contributed by atoms with Crippen molar-refractivity contribution in [2.45, 2.75) is 40.0 Å². The molecular weight excluding hydrogens is 164 g/mol. The maximum absolute atomic E-state index is 11.5. The molecule has 0 aromatic heterocycles. The Bertz CT molecular complexity index is 238. The number of allylic oxidation sites excluding steroid dienone is 2. The normalized spacial score (nSPS) is 28.0. The molecule has 1 N–H and O–H groups in total. The van der Waals surface area contributed by atoms with E-state index in [4.69, 9.17) is 0 Å². The number of rotatable bonds is 1. The summed E-state index contributed by atoms with van der Waals surface area (Å²) in [6, 6.07) is 0. The second-order valence-corrected chi connectivity index (χ2v) is 4.29. The van der Waals surface area contributed by atoms with Crippen LogP contribution in [-0.2, 0) is 4.79 Å². The Morgan fingerprint density at radius 1 is 1.54 bits per heavy atom. The lowest BCUT2D eigenvalue weighted by Gasteiger charge is -2.21. The van der Waals surface area contributed by atoms with E-state index in [0.717, 1.165) is 12.8 Å². The fourth-order valence-electron chi connectivity index (χ4n) is 1.69. The van der Waals surface area contributed by atoms with Crippen molar-refractivity contribution in [1.82, 2.24) is 0 Å². The van der Waals surface area contributed by atoms with Gasteiger partial charge in [0.05, 0.1) is 0 Å². The monoisotopic (exact) mass is 182 g/mol. The van der Waals surface area contributed by atoms with Crippen LogP contribution in [0.5, 0.6) is 0 Å². The highest BCUT2D eigenvalue weighted by molar-refractivity contribution is 5.96. The summed E-state index contributed by atoms with van der Waals surface area (Å²) in [5.41, 5.74) is 0.675. The molecule has 2 nitrogen and oxygen atoms in total. The second-order valence-electron chi connectivity index (χ2n) is 4.29. The van der Waals surface area contributed by atoms with Crippen LogP contribution in [0.15, 0.2) is 11.3 Å². The predicted octanol–water partition coefficient (Wildman–Crippen LogP) is 2.84. The topological polar surface area (TPSA) is 37.3 Å². The molecule has 0 amide bonds. The van der Waals surface area contributed by atoms with Crippen LogP contribution in [0.2, 0.25) is 0 Å². The van der Waals surface area contributed by atoms with Gasteiger partial charge in [-0.25, -0.2) is 0 Å². The molecule has 0 aliphatic heterocycles. The van der Waals surface area contributed by atoms with Gasteiger partial charge in [-0.05, 0) is 18.8 Å². The summed E-state index contributed by atoms with van der Waals surface area (Å²) in [5.74, 6) is 1.05. The largest absolute Gasteiger partial charge is 0.512 e. The molecule has 0 radical (unpaired) electrons. The van der Waals surface area contributed by atoms with E-state index in [1.165, 1.54) is 0 Å². The van der Waals surface area contributed by atoms with Crippen molar-refractivity contribution in [1.29, 1.82) is 0 Å². The number of ketones is 1. The summed E-state index contributed by atoms with van der Waals surface area (Å²) in [7, 11) is 0. The smallest absolute Gasteiger partial charge is 0.162 e. The van der Waals surface area contributed by atoms with Gasteiger partial charge >= 0.3 is 0 Å². The molecule has 1 aliphatic carbocycles. The predicted molar refractivity (Wildman–Crippen MR) is 52.5 cm³/mol. The van der Waals surface area contributed by atoms with Gasteiger partial charge in [-0.1, -0.05) is 20.8 Å². The fourth-order valence-corrected chi connectivity index (χ4v) is 1.69. The van der Waals surface area contributed by atoms with Crippen LogP contribution in [0, 0.1) is 11.8 Å². The Morgan fingerprint density at radius 2 is 2.15 bits per heavy atom. The quantitative estimate of drug-likeness (QED) is 0.500. The number of Topliss-reactive ketones (excluding diaryl/α,β-unsaturated/α-hetero) is 1. The average molecular weight is 182 g/mol. The Morgan fingerprint density at radius 3 is 2.69 bits per heavy atom. The highest BCUT2D eigenvalue weighted by Crippen LogP contribution is 2.28. The van der Waals surface area contributed by atoms with Crippen LogP contribution in [0.3, 0.4) is 0 Å². The molecule has 1 unspecified atom stereocenters. The first-order valence-corrected chi connectivity index (χ1v) is 4.97. The Labute approximate surface area is 79.6 Å². The van der Waals surface area contributed by atoms with Crippen molar-refractivity contribution < 1.29 is 9.90 Å². The summed E-state index contributed by atoms with van der Waals surface area (Å²) in [6.45, 7) is 5.95. The van der Waals surface area contributed by atoms with Gasteiger partial charge in [0.2, 0.25) is 0 Å². The molecule has 13 heavy (non-hydrogen) atoms. The number of carbonyl (C=O) groups excluding carboxylic acids is 1. The molecule has 1 saturated carbocycles. The van der Waals surface area contributed by atoms with Gasteiger partial charge in [-0.3, -0.25) is 4.79 Å². The zero-order valence-electron chi connectivity index (χ0n) is 8.63. The van der Waals surface area contributed by atoms with Gasteiger partial charge < -0.3 is 5.11 Å². The van der Waals surface area contributed by atoms with Gasteiger partial charge in [0.1, 0.15) is 5.76 Å². The Hall–Kier alpha value is -0.790. The highest BCUT2D eigenvalue weighted by Gasteiger charge is 2.24. The minimum absolute atomic E-state index is 0.0734. The summed E-state index contributed by atoms with van der Waals surface area (Å²) in [6.07, 6.45) is 2.32. The Kier molecular flexibility index (Phi) is 3.12. The molecule has 0 saturated heterocycles. The van der Waals surface area contributed by atoms with Crippen LogP contribution < -0.4 is 0 Å². The lowest BCUT2D eigenvalue weighted by atomic mass is 9.84. The van der Waals surface area contributed by atoms with Gasteiger partial charge in [0.15, 0.2) is 5.78 Å². The van der Waals surface area contributed by atoms with Gasteiger partial charge in [0, 0.05) is 17.9 Å². The van der Waals surface area contributed by atoms with Crippen LogP contribution in [0.25, 0.3) is 0 Å². The lowest BCUT2D eigenvalue weighted by Crippen LogP contribution is -2.18. The average Bonchev–Trinajstić information content (AvgIpc) is 2.08. The molecule has 0 heterocycles. The second kappa shape index (κ2) is 3.95. The minimum Gasteiger partial charge on any atom is -0.512 e. The van der Waals surface area contributed by atoms with Crippen LogP contribution in [-0.4, -0.2) is 10.9 Å². The number of aliphatic hydroxyl groups excluding tert-OH is 1. The summed E-state index contributed by atoms with van der Waals surface area (Å²) in [4.78, 5) is 11.5. The molecule has 0 bridgehead atoms. The van der Waals surface area contributed by atoms with Gasteiger partial charge in [-0.2, -0.15) is 0 Å². The highest BCUT2D eigenvalue weighted by atomic mass is 16.3. The fraction of sp³-hybridized carbons (Fsp3) is 0.727. The first kappa shape index (κ1) is 10.3. The van der Waals surface area contributed by atoms with Crippen molar-refractivity contribution in [2.24, 2.45) is 11.8 Å². The van der Waals surface area contributed by atoms with Crippen LogP contribution in [0.1, 0.15) is 40.0 Å². The van der Waals surface area contributed by atoms with E-state index in [2.05, 4.69) is 6.92 Å². The molecule has 1 fully saturated rings. The van der Waals surface area contributed by atoms with Gasteiger partial charge in [0.25, 0.3) is 0 Å². The standard InChI is InChI=1S/C11H18O2/c1-7(2)11(13)9-6-8(3)4-5-10(9)12/h7-8,13H,4-6H2,1-3H3. The summed E-state index contributed by atoms with van der Waals surface area (Å²) < 4.78 is 0. The van der Waals surface area contributed by atoms with E-state index in [0.29, 0.717) is 23.7 Å². The van der Waals surface area contributed by atoms with Crippen molar-refractivity contribution in [2.75, 3.05) is 0 Å². The lowest BCUT2D eigenvalue weighted by molar-refractivity contribution is -0.117. The van der Waals surface area contributed by atoms with E-state index in [9.17, 15) is 9.90 Å². The molecular formula is C11H18O2. The molecule has 0 spiro atoms. The maximum atomic E-state index is 11.5. The van der Waals surface area contributed by atoms with E-state index >= 15 is 0 Å². The summed E-state index contributed by atoms with van der Waals surface area (Å²) >= 11 is 0. The first-order chi connectivity index (χ1) is 6.02. The van der Waals surface area contributed by atoms with E-state index < -0.39 is 0 Å². The van der Waals surface area contributed by atoms with Crippen molar-refractivity contribution in [3.63, 3.8) is 0 Å². The van der Waals surface area contributed by atoms with Crippen molar-refractivity contribution >= 4 is 5.78 Å². The maximum Gasteiger partial charge on any atom is 0.162 e. The molecule has 1 atom stereocenters. The summed E-state index contributed by atoms with van der Waals surface area (Å²) in [5, 5.41) is 9.70. The van der Waals surface area contributed by atoms with Crippen molar-refractivity contribution in [3.05, 3.63) is 11.3 Å². The zero-order valence-corrected chi connectivity index (χ0v) is 8.63. The third-order valence-electron chi connectivity index (χ3n) is 2.61. The van der Waals surface area contributed by atoms with Crippen LogP contribution >= 0.6 is 0 Å². The van der Waals surface area contributed by atoms with Crippen LogP contribution in [0.4, 0.5) is 0 Å². The number of hydrogen-bond donors (Lipinski definition) is 1. The molecule has 1 aliphatic rings. The number of hydrogen-bond acceptors (Lipinski definition) is 2. The molecule has 2 heteroatoms. The molecule has 74 valence electrons. The number of aliphatic hydroxyl groups is 1. The number of carbonyl (C=O) groups is 1.